The molecule has 0 saturated heterocycles. The van der Waals surface area contributed by atoms with E-state index < -0.39 is 0 Å². The molecule has 0 radical (unpaired) electrons. The molecule has 0 unspecified atom stereocenters. The molecule has 0 spiro atoms. The molecule has 0 aliphatic carbocycles. The number of hydrogen-bond donors (Lipinski definition) is 2. The largest absolute Gasteiger partial charge is 0.459 e. The van der Waals surface area contributed by atoms with Gasteiger partial charge in [0.15, 0.2) is 5.76 Å². The first kappa shape index (κ1) is 18.7. The molecule has 2 aromatic carbocycles. The van der Waals surface area contributed by atoms with Gasteiger partial charge in [0, 0.05) is 28.4 Å². The minimum Gasteiger partial charge on any atom is -0.459 e. The number of thioether (sulfide) groups is 1. The maximum Gasteiger partial charge on any atom is 0.291 e. The molecular weight excluding hydrogens is 367 g/mol. The van der Waals surface area contributed by atoms with Crippen molar-refractivity contribution in [3.63, 3.8) is 0 Å². The van der Waals surface area contributed by atoms with Crippen LogP contribution in [0.3, 0.4) is 0 Å². The van der Waals surface area contributed by atoms with Crippen LogP contribution in [0.15, 0.2) is 76.2 Å². The predicted molar refractivity (Wildman–Crippen MR) is 103 cm³/mol. The van der Waals surface area contributed by atoms with E-state index >= 15 is 0 Å². The molecule has 0 fully saturated rings. The van der Waals surface area contributed by atoms with Crippen LogP contribution in [0.2, 0.25) is 0 Å². The fraction of sp³-hybridized carbons (Fsp3) is 0.100. The van der Waals surface area contributed by atoms with Gasteiger partial charge in [0.1, 0.15) is 5.82 Å². The molecule has 0 saturated carbocycles. The Hall–Kier alpha value is -3.06. The van der Waals surface area contributed by atoms with Crippen LogP contribution < -0.4 is 10.6 Å². The Morgan fingerprint density at radius 3 is 2.22 bits per heavy atom. The van der Waals surface area contributed by atoms with E-state index in [0.29, 0.717) is 23.5 Å². The van der Waals surface area contributed by atoms with E-state index in [1.165, 1.54) is 30.2 Å². The first-order valence-corrected chi connectivity index (χ1v) is 9.22. The second-order valence-electron chi connectivity index (χ2n) is 5.61. The first-order valence-electron chi connectivity index (χ1n) is 8.23. The summed E-state index contributed by atoms with van der Waals surface area (Å²) in [5.41, 5.74) is 1.24. The zero-order valence-corrected chi connectivity index (χ0v) is 15.1. The molecule has 2 amide bonds. The predicted octanol–water partition coefficient (Wildman–Crippen LogP) is 4.79. The lowest BCUT2D eigenvalue weighted by atomic mass is 10.2. The minimum atomic E-state index is -0.338. The molecular formula is C20H17FN2O3S. The number of anilines is 2. The molecule has 0 aliphatic heterocycles. The standard InChI is InChI=1S/C20H17FN2O3S/c21-14-3-9-17(10-4-14)27-13-11-19(24)22-15-5-7-16(8-6-15)23-20(25)18-2-1-12-26-18/h1-10,12H,11,13H2,(H,22,24)(H,23,25). The Kier molecular flexibility index (Phi) is 6.27. The number of furan rings is 1. The average Bonchev–Trinajstić information content (AvgIpc) is 3.20. The molecule has 1 heterocycles. The smallest absolute Gasteiger partial charge is 0.291 e. The van der Waals surface area contributed by atoms with Crippen molar-refractivity contribution in [2.75, 3.05) is 16.4 Å². The molecule has 3 rings (SSSR count). The van der Waals surface area contributed by atoms with Crippen LogP contribution in [0.25, 0.3) is 0 Å². The van der Waals surface area contributed by atoms with E-state index in [0.717, 1.165) is 4.90 Å². The molecule has 27 heavy (non-hydrogen) atoms. The summed E-state index contributed by atoms with van der Waals surface area (Å²) in [5.74, 6) is 0.0906. The second kappa shape index (κ2) is 9.05. The zero-order chi connectivity index (χ0) is 19.1. The number of hydrogen-bond acceptors (Lipinski definition) is 4. The van der Waals surface area contributed by atoms with Gasteiger partial charge in [-0.05, 0) is 60.7 Å². The molecule has 7 heteroatoms. The first-order chi connectivity index (χ1) is 13.1. The van der Waals surface area contributed by atoms with E-state index in [4.69, 9.17) is 4.42 Å². The van der Waals surface area contributed by atoms with Crippen LogP contribution in [-0.2, 0) is 4.79 Å². The zero-order valence-electron chi connectivity index (χ0n) is 14.3. The Morgan fingerprint density at radius 2 is 1.59 bits per heavy atom. The molecule has 0 aliphatic rings. The quantitative estimate of drug-likeness (QED) is 0.575. The van der Waals surface area contributed by atoms with Crippen molar-refractivity contribution < 1.29 is 18.4 Å². The van der Waals surface area contributed by atoms with Crippen molar-refractivity contribution in [3.8, 4) is 0 Å². The van der Waals surface area contributed by atoms with Crippen molar-refractivity contribution in [1.29, 1.82) is 0 Å². The molecule has 2 N–H and O–H groups in total. The number of amides is 2. The normalized spacial score (nSPS) is 10.4. The third kappa shape index (κ3) is 5.72. The Morgan fingerprint density at radius 1 is 0.926 bits per heavy atom. The molecule has 0 bridgehead atoms. The van der Waals surface area contributed by atoms with Gasteiger partial charge in [0.05, 0.1) is 6.26 Å². The van der Waals surface area contributed by atoms with Gasteiger partial charge in [-0.3, -0.25) is 9.59 Å². The Balaban J connectivity index is 1.44. The van der Waals surface area contributed by atoms with Gasteiger partial charge in [-0.2, -0.15) is 0 Å². The molecule has 1 aromatic heterocycles. The van der Waals surface area contributed by atoms with Crippen molar-refractivity contribution in [1.82, 2.24) is 0 Å². The number of benzene rings is 2. The van der Waals surface area contributed by atoms with Crippen molar-refractivity contribution in [2.45, 2.75) is 11.3 Å². The third-order valence-corrected chi connectivity index (χ3v) is 4.60. The van der Waals surface area contributed by atoms with Crippen LogP contribution >= 0.6 is 11.8 Å². The number of halogens is 1. The topological polar surface area (TPSA) is 71.3 Å². The number of carbonyl (C=O) groups is 2. The summed E-state index contributed by atoms with van der Waals surface area (Å²) >= 11 is 1.49. The van der Waals surface area contributed by atoms with Crippen LogP contribution in [-0.4, -0.2) is 17.6 Å². The summed E-state index contributed by atoms with van der Waals surface area (Å²) in [6.45, 7) is 0. The Bertz CT molecular complexity index is 894. The van der Waals surface area contributed by atoms with Crippen LogP contribution in [0.5, 0.6) is 0 Å². The summed E-state index contributed by atoms with van der Waals surface area (Å²) in [4.78, 5) is 24.8. The summed E-state index contributed by atoms with van der Waals surface area (Å²) in [6.07, 6.45) is 1.76. The van der Waals surface area contributed by atoms with Gasteiger partial charge < -0.3 is 15.1 Å². The van der Waals surface area contributed by atoms with Gasteiger partial charge >= 0.3 is 0 Å². The number of rotatable bonds is 7. The highest BCUT2D eigenvalue weighted by molar-refractivity contribution is 7.99. The van der Waals surface area contributed by atoms with E-state index in [1.807, 2.05) is 0 Å². The third-order valence-electron chi connectivity index (χ3n) is 3.58. The molecule has 0 atom stereocenters. The lowest BCUT2D eigenvalue weighted by Crippen LogP contribution is -2.13. The van der Waals surface area contributed by atoms with Crippen molar-refractivity contribution in [3.05, 3.63) is 78.5 Å². The summed E-state index contributed by atoms with van der Waals surface area (Å²) in [6, 6.07) is 16.2. The highest BCUT2D eigenvalue weighted by atomic mass is 32.2. The summed E-state index contributed by atoms with van der Waals surface area (Å²) in [5, 5.41) is 5.51. The maximum absolute atomic E-state index is 12.8. The van der Waals surface area contributed by atoms with E-state index in [-0.39, 0.29) is 23.4 Å². The lowest BCUT2D eigenvalue weighted by Gasteiger charge is -2.07. The van der Waals surface area contributed by atoms with Gasteiger partial charge in [0.2, 0.25) is 5.91 Å². The van der Waals surface area contributed by atoms with Crippen molar-refractivity contribution >= 4 is 35.0 Å². The molecule has 5 nitrogen and oxygen atoms in total. The van der Waals surface area contributed by atoms with Crippen LogP contribution in [0, 0.1) is 5.82 Å². The van der Waals surface area contributed by atoms with E-state index in [2.05, 4.69) is 10.6 Å². The van der Waals surface area contributed by atoms with Gasteiger partial charge in [-0.15, -0.1) is 11.8 Å². The van der Waals surface area contributed by atoms with Crippen LogP contribution in [0.1, 0.15) is 17.0 Å². The van der Waals surface area contributed by atoms with Gasteiger partial charge in [0.25, 0.3) is 5.91 Å². The number of carbonyl (C=O) groups excluding carboxylic acids is 2. The average molecular weight is 384 g/mol. The van der Waals surface area contributed by atoms with Crippen LogP contribution in [0.4, 0.5) is 15.8 Å². The minimum absolute atomic E-state index is 0.114. The highest BCUT2D eigenvalue weighted by Crippen LogP contribution is 2.20. The second-order valence-corrected chi connectivity index (χ2v) is 6.78. The molecule has 138 valence electrons. The van der Waals surface area contributed by atoms with E-state index in [9.17, 15) is 14.0 Å². The van der Waals surface area contributed by atoms with Gasteiger partial charge in [-0.1, -0.05) is 0 Å². The summed E-state index contributed by atoms with van der Waals surface area (Å²) in [7, 11) is 0. The lowest BCUT2D eigenvalue weighted by molar-refractivity contribution is -0.115. The highest BCUT2D eigenvalue weighted by Gasteiger charge is 2.09. The monoisotopic (exact) mass is 384 g/mol. The fourth-order valence-corrected chi connectivity index (χ4v) is 3.10. The van der Waals surface area contributed by atoms with Gasteiger partial charge in [-0.25, -0.2) is 4.39 Å². The van der Waals surface area contributed by atoms with Crippen molar-refractivity contribution in [2.24, 2.45) is 0 Å². The fourth-order valence-electron chi connectivity index (χ4n) is 2.25. The molecule has 3 aromatic rings. The summed E-state index contributed by atoms with van der Waals surface area (Å²) < 4.78 is 17.9. The SMILES string of the molecule is O=C(CCSc1ccc(F)cc1)Nc1ccc(NC(=O)c2ccco2)cc1. The maximum atomic E-state index is 12.8. The van der Waals surface area contributed by atoms with E-state index in [1.54, 1.807) is 48.5 Å². The Labute approximate surface area is 160 Å². The number of nitrogens with one attached hydrogen (secondary N) is 2.